The molecule has 1 aliphatic heterocycles. The summed E-state index contributed by atoms with van der Waals surface area (Å²) in [7, 11) is 0. The number of piperidine rings is 1. The molecule has 0 aliphatic carbocycles. The van der Waals surface area contributed by atoms with Crippen molar-refractivity contribution in [1.82, 2.24) is 5.32 Å². The Morgan fingerprint density at radius 3 is 2.88 bits per heavy atom. The molecule has 3 heteroatoms. The number of rotatable bonds is 2. The van der Waals surface area contributed by atoms with E-state index in [2.05, 4.69) is 5.32 Å². The predicted molar refractivity (Wildman–Crippen MR) is 62.1 cm³/mol. The average molecular weight is 223 g/mol. The van der Waals surface area contributed by atoms with Crippen LogP contribution in [0.3, 0.4) is 0 Å². The molecule has 16 heavy (non-hydrogen) atoms. The molecule has 0 aromatic heterocycles. The minimum absolute atomic E-state index is 0.231. The third-order valence-electron chi connectivity index (χ3n) is 3.19. The van der Waals surface area contributed by atoms with Gasteiger partial charge in [0.2, 0.25) is 0 Å². The van der Waals surface area contributed by atoms with Crippen LogP contribution in [-0.2, 0) is 6.42 Å². The van der Waals surface area contributed by atoms with Gasteiger partial charge in [0, 0.05) is 6.04 Å². The third-order valence-corrected chi connectivity index (χ3v) is 3.19. The Hall–Kier alpha value is -1.09. The highest BCUT2D eigenvalue weighted by Gasteiger charge is 2.14. The Bertz CT molecular complexity index is 349. The molecule has 1 saturated heterocycles. The number of hydrogen-bond donors (Lipinski definition) is 2. The Morgan fingerprint density at radius 1 is 1.44 bits per heavy atom. The molecule has 0 bridgehead atoms. The number of benzene rings is 1. The molecule has 2 N–H and O–H groups in total. The number of phenolic OH excluding ortho intramolecular Hbond substituents is 1. The van der Waals surface area contributed by atoms with Crippen LogP contribution < -0.4 is 5.32 Å². The zero-order valence-electron chi connectivity index (χ0n) is 9.59. The van der Waals surface area contributed by atoms with Gasteiger partial charge in [0.25, 0.3) is 0 Å². The van der Waals surface area contributed by atoms with Crippen LogP contribution in [0.15, 0.2) is 12.1 Å². The summed E-state index contributed by atoms with van der Waals surface area (Å²) in [5.74, 6) is -0.730. The smallest absolute Gasteiger partial charge is 0.167 e. The monoisotopic (exact) mass is 223 g/mol. The van der Waals surface area contributed by atoms with Gasteiger partial charge in [-0.15, -0.1) is 0 Å². The summed E-state index contributed by atoms with van der Waals surface area (Å²) in [6, 6.07) is 3.84. The molecular formula is C13H18FNO. The number of aromatic hydroxyl groups is 1. The molecule has 2 nitrogen and oxygen atoms in total. The lowest BCUT2D eigenvalue weighted by atomic mass is 9.96. The predicted octanol–water partition coefficient (Wildman–Crippen LogP) is 2.52. The molecule has 1 unspecified atom stereocenters. The van der Waals surface area contributed by atoms with E-state index in [9.17, 15) is 9.50 Å². The van der Waals surface area contributed by atoms with E-state index in [1.165, 1.54) is 12.8 Å². The fourth-order valence-corrected chi connectivity index (χ4v) is 2.32. The zero-order chi connectivity index (χ0) is 11.5. The number of nitrogens with one attached hydrogen (secondary N) is 1. The highest BCUT2D eigenvalue weighted by Crippen LogP contribution is 2.23. The minimum atomic E-state index is -0.500. The molecule has 0 saturated carbocycles. The first-order valence-electron chi connectivity index (χ1n) is 5.88. The maximum Gasteiger partial charge on any atom is 0.167 e. The van der Waals surface area contributed by atoms with Crippen LogP contribution in [0, 0.1) is 12.7 Å². The highest BCUT2D eigenvalue weighted by molar-refractivity contribution is 5.35. The SMILES string of the molecule is Cc1cc(CC2CCCCN2)cc(O)c1F. The summed E-state index contributed by atoms with van der Waals surface area (Å²) >= 11 is 0. The van der Waals surface area contributed by atoms with Crippen LogP contribution in [0.5, 0.6) is 5.75 Å². The molecule has 2 rings (SSSR count). The topological polar surface area (TPSA) is 32.3 Å². The van der Waals surface area contributed by atoms with E-state index in [1.54, 1.807) is 13.0 Å². The lowest BCUT2D eigenvalue weighted by Gasteiger charge is -2.23. The van der Waals surface area contributed by atoms with Gasteiger partial charge < -0.3 is 10.4 Å². The minimum Gasteiger partial charge on any atom is -0.505 e. The van der Waals surface area contributed by atoms with Gasteiger partial charge in [-0.3, -0.25) is 0 Å². The van der Waals surface area contributed by atoms with E-state index in [-0.39, 0.29) is 5.75 Å². The number of phenols is 1. The third kappa shape index (κ3) is 2.53. The number of hydrogen-bond acceptors (Lipinski definition) is 2. The van der Waals surface area contributed by atoms with Gasteiger partial charge in [-0.2, -0.15) is 0 Å². The fourth-order valence-electron chi connectivity index (χ4n) is 2.32. The first-order chi connectivity index (χ1) is 7.66. The summed E-state index contributed by atoms with van der Waals surface area (Å²) in [6.07, 6.45) is 4.53. The first-order valence-corrected chi connectivity index (χ1v) is 5.88. The van der Waals surface area contributed by atoms with Crippen molar-refractivity contribution < 1.29 is 9.50 Å². The fraction of sp³-hybridized carbons (Fsp3) is 0.538. The second kappa shape index (κ2) is 4.83. The molecule has 1 aromatic carbocycles. The molecule has 1 aromatic rings. The Kier molecular flexibility index (Phi) is 3.44. The molecule has 1 atom stereocenters. The molecular weight excluding hydrogens is 205 g/mol. The van der Waals surface area contributed by atoms with E-state index >= 15 is 0 Å². The van der Waals surface area contributed by atoms with Gasteiger partial charge in [-0.1, -0.05) is 12.5 Å². The van der Waals surface area contributed by atoms with E-state index in [0.717, 1.165) is 24.9 Å². The molecule has 1 fully saturated rings. The van der Waals surface area contributed by atoms with Crippen LogP contribution in [0.1, 0.15) is 30.4 Å². The largest absolute Gasteiger partial charge is 0.505 e. The summed E-state index contributed by atoms with van der Waals surface area (Å²) in [5, 5.41) is 12.9. The van der Waals surface area contributed by atoms with Crippen LogP contribution in [-0.4, -0.2) is 17.7 Å². The summed E-state index contributed by atoms with van der Waals surface area (Å²) < 4.78 is 13.2. The van der Waals surface area contributed by atoms with E-state index < -0.39 is 5.82 Å². The quantitative estimate of drug-likeness (QED) is 0.807. The molecule has 1 aliphatic rings. The Morgan fingerprint density at radius 2 is 2.25 bits per heavy atom. The maximum atomic E-state index is 13.2. The van der Waals surface area contributed by atoms with Crippen molar-refractivity contribution in [2.24, 2.45) is 0 Å². The van der Waals surface area contributed by atoms with E-state index in [1.807, 2.05) is 6.07 Å². The van der Waals surface area contributed by atoms with Crippen molar-refractivity contribution in [2.45, 2.75) is 38.6 Å². The van der Waals surface area contributed by atoms with Crippen molar-refractivity contribution >= 4 is 0 Å². The summed E-state index contributed by atoms with van der Waals surface area (Å²) in [4.78, 5) is 0. The second-order valence-corrected chi connectivity index (χ2v) is 4.60. The van der Waals surface area contributed by atoms with Gasteiger partial charge in [0.1, 0.15) is 0 Å². The van der Waals surface area contributed by atoms with Crippen molar-refractivity contribution in [1.29, 1.82) is 0 Å². The van der Waals surface area contributed by atoms with Crippen molar-refractivity contribution in [3.8, 4) is 5.75 Å². The first kappa shape index (κ1) is 11.4. The molecule has 88 valence electrons. The van der Waals surface area contributed by atoms with Crippen LogP contribution >= 0.6 is 0 Å². The van der Waals surface area contributed by atoms with Gasteiger partial charge in [-0.25, -0.2) is 4.39 Å². The maximum absolute atomic E-state index is 13.2. The van der Waals surface area contributed by atoms with E-state index in [4.69, 9.17) is 0 Å². The van der Waals surface area contributed by atoms with Crippen LogP contribution in [0.25, 0.3) is 0 Å². The van der Waals surface area contributed by atoms with E-state index in [0.29, 0.717) is 11.6 Å². The molecule has 0 amide bonds. The lowest BCUT2D eigenvalue weighted by molar-refractivity contribution is 0.396. The Balaban J connectivity index is 2.09. The molecule has 0 spiro atoms. The average Bonchev–Trinajstić information content (AvgIpc) is 2.27. The zero-order valence-corrected chi connectivity index (χ0v) is 9.59. The summed E-state index contributed by atoms with van der Waals surface area (Å²) in [5.41, 5.74) is 1.53. The van der Waals surface area contributed by atoms with Gasteiger partial charge in [0.05, 0.1) is 0 Å². The van der Waals surface area contributed by atoms with Gasteiger partial charge >= 0.3 is 0 Å². The normalized spacial score (nSPS) is 21.0. The standard InChI is InChI=1S/C13H18FNO/c1-9-6-10(8-12(16)13(9)14)7-11-4-2-3-5-15-11/h6,8,11,15-16H,2-5,7H2,1H3. The van der Waals surface area contributed by atoms with Gasteiger partial charge in [0.15, 0.2) is 11.6 Å². The van der Waals surface area contributed by atoms with Crippen molar-refractivity contribution in [3.05, 3.63) is 29.1 Å². The van der Waals surface area contributed by atoms with Crippen LogP contribution in [0.2, 0.25) is 0 Å². The molecule has 0 radical (unpaired) electrons. The second-order valence-electron chi connectivity index (χ2n) is 4.60. The highest BCUT2D eigenvalue weighted by atomic mass is 19.1. The lowest BCUT2D eigenvalue weighted by Crippen LogP contribution is -2.35. The van der Waals surface area contributed by atoms with Crippen molar-refractivity contribution in [2.75, 3.05) is 6.54 Å². The Labute approximate surface area is 95.5 Å². The number of aryl methyl sites for hydroxylation is 1. The molecule has 1 heterocycles. The van der Waals surface area contributed by atoms with Crippen molar-refractivity contribution in [3.63, 3.8) is 0 Å². The van der Waals surface area contributed by atoms with Gasteiger partial charge in [-0.05, 0) is 49.9 Å². The van der Waals surface area contributed by atoms with Crippen LogP contribution in [0.4, 0.5) is 4.39 Å². The number of halogens is 1. The summed E-state index contributed by atoms with van der Waals surface area (Å²) in [6.45, 7) is 2.75.